The number of nitrogens with zero attached hydrogens (tertiary/aromatic N) is 2. The highest BCUT2D eigenvalue weighted by molar-refractivity contribution is 5.68. The van der Waals surface area contributed by atoms with Crippen LogP contribution in [0.15, 0.2) is 30.3 Å². The van der Waals surface area contributed by atoms with Gasteiger partial charge in [-0.2, -0.15) is 0 Å². The molecule has 1 aromatic carbocycles. The molecular formula is C20H30N2O2. The van der Waals surface area contributed by atoms with Gasteiger partial charge in [0.05, 0.1) is 0 Å². The van der Waals surface area contributed by atoms with Crippen molar-refractivity contribution >= 4 is 6.09 Å². The molecule has 2 atom stereocenters. The summed E-state index contributed by atoms with van der Waals surface area (Å²) in [5.74, 6) is 1.12. The molecule has 0 aromatic heterocycles. The number of amides is 1. The number of ether oxygens (including phenoxy) is 1. The van der Waals surface area contributed by atoms with E-state index in [0.717, 1.165) is 19.6 Å². The largest absolute Gasteiger partial charge is 0.444 e. The van der Waals surface area contributed by atoms with Gasteiger partial charge < -0.3 is 9.64 Å². The molecule has 1 heterocycles. The molecule has 2 unspecified atom stereocenters. The van der Waals surface area contributed by atoms with Crippen LogP contribution in [0.2, 0.25) is 0 Å². The summed E-state index contributed by atoms with van der Waals surface area (Å²) in [7, 11) is 1.91. The molecule has 1 aliphatic heterocycles. The second kappa shape index (κ2) is 6.75. The summed E-state index contributed by atoms with van der Waals surface area (Å²) in [6.07, 6.45) is 2.25. The number of hydrogen-bond acceptors (Lipinski definition) is 3. The van der Waals surface area contributed by atoms with Crippen molar-refractivity contribution in [3.05, 3.63) is 35.9 Å². The fourth-order valence-electron chi connectivity index (χ4n) is 4.35. The Hall–Kier alpha value is -1.55. The first-order valence-electron chi connectivity index (χ1n) is 9.05. The normalized spacial score (nSPS) is 27.1. The number of fused-ring (bicyclic) bond motifs is 2. The maximum Gasteiger partial charge on any atom is 0.410 e. The van der Waals surface area contributed by atoms with Crippen molar-refractivity contribution in [1.82, 2.24) is 9.80 Å². The first-order chi connectivity index (χ1) is 11.3. The summed E-state index contributed by atoms with van der Waals surface area (Å²) < 4.78 is 5.57. The molecule has 4 nitrogen and oxygen atoms in total. The standard InChI is InChI=1S/C20H30N2O2/c1-20(2,3)24-19(23)21(4)18-16-10-11-17(18)14-22(13-16)12-15-8-6-5-7-9-15/h5-9,16-18H,10-14H2,1-4H3. The lowest BCUT2D eigenvalue weighted by Crippen LogP contribution is -2.53. The maximum absolute atomic E-state index is 12.4. The molecule has 3 rings (SSSR count). The molecule has 2 aliphatic rings. The zero-order valence-electron chi connectivity index (χ0n) is 15.4. The van der Waals surface area contributed by atoms with Crippen molar-refractivity contribution in [2.24, 2.45) is 11.8 Å². The molecule has 0 spiro atoms. The van der Waals surface area contributed by atoms with Crippen molar-refractivity contribution in [3.63, 3.8) is 0 Å². The molecule has 2 fully saturated rings. The topological polar surface area (TPSA) is 32.8 Å². The van der Waals surface area contributed by atoms with Gasteiger partial charge in [-0.1, -0.05) is 30.3 Å². The van der Waals surface area contributed by atoms with Crippen LogP contribution in [0.4, 0.5) is 4.79 Å². The van der Waals surface area contributed by atoms with Crippen molar-refractivity contribution < 1.29 is 9.53 Å². The van der Waals surface area contributed by atoms with Crippen LogP contribution in [0.5, 0.6) is 0 Å². The molecule has 0 radical (unpaired) electrons. The maximum atomic E-state index is 12.4. The van der Waals surface area contributed by atoms with E-state index in [1.165, 1.54) is 18.4 Å². The van der Waals surface area contributed by atoms with E-state index in [1.54, 1.807) is 0 Å². The van der Waals surface area contributed by atoms with E-state index in [-0.39, 0.29) is 6.09 Å². The van der Waals surface area contributed by atoms with Crippen LogP contribution < -0.4 is 0 Å². The van der Waals surface area contributed by atoms with Crippen LogP contribution in [0.1, 0.15) is 39.2 Å². The van der Waals surface area contributed by atoms with E-state index in [1.807, 2.05) is 32.7 Å². The molecule has 1 saturated carbocycles. The molecule has 1 saturated heterocycles. The van der Waals surface area contributed by atoms with E-state index in [9.17, 15) is 4.79 Å². The number of carbonyl (C=O) groups is 1. The van der Waals surface area contributed by atoms with Crippen molar-refractivity contribution in [2.75, 3.05) is 20.1 Å². The van der Waals surface area contributed by atoms with Crippen LogP contribution in [-0.2, 0) is 11.3 Å². The smallest absolute Gasteiger partial charge is 0.410 e. The number of carbonyl (C=O) groups excluding carboxylic acids is 1. The molecule has 1 aliphatic carbocycles. The van der Waals surface area contributed by atoms with Gasteiger partial charge in [0.2, 0.25) is 0 Å². The summed E-state index contributed by atoms with van der Waals surface area (Å²) in [6.45, 7) is 8.94. The third-order valence-corrected chi connectivity index (χ3v) is 5.24. The van der Waals surface area contributed by atoms with Crippen LogP contribution in [0.25, 0.3) is 0 Å². The van der Waals surface area contributed by atoms with Crippen molar-refractivity contribution in [1.29, 1.82) is 0 Å². The Morgan fingerprint density at radius 1 is 1.17 bits per heavy atom. The van der Waals surface area contributed by atoms with E-state index >= 15 is 0 Å². The number of likely N-dealkylation sites (tertiary alicyclic amines) is 1. The molecule has 1 aromatic rings. The highest BCUT2D eigenvalue weighted by Gasteiger charge is 2.45. The van der Waals surface area contributed by atoms with Gasteiger partial charge in [0.25, 0.3) is 0 Å². The molecule has 24 heavy (non-hydrogen) atoms. The summed E-state index contributed by atoms with van der Waals surface area (Å²) in [4.78, 5) is 16.9. The van der Waals surface area contributed by atoms with E-state index in [4.69, 9.17) is 4.74 Å². The van der Waals surface area contributed by atoms with Gasteiger partial charge in [-0.25, -0.2) is 4.79 Å². The highest BCUT2D eigenvalue weighted by Crippen LogP contribution is 2.40. The second-order valence-electron chi connectivity index (χ2n) is 8.36. The Balaban J connectivity index is 1.62. The van der Waals surface area contributed by atoms with Gasteiger partial charge in [0.1, 0.15) is 5.60 Å². The third kappa shape index (κ3) is 3.92. The monoisotopic (exact) mass is 330 g/mol. The number of hydrogen-bond donors (Lipinski definition) is 0. The van der Waals surface area contributed by atoms with E-state index in [2.05, 4.69) is 35.2 Å². The molecule has 1 amide bonds. The van der Waals surface area contributed by atoms with Gasteiger partial charge in [-0.15, -0.1) is 0 Å². The first-order valence-corrected chi connectivity index (χ1v) is 9.05. The Labute approximate surface area is 145 Å². The number of benzene rings is 1. The predicted octanol–water partition coefficient (Wildman–Crippen LogP) is 3.76. The van der Waals surface area contributed by atoms with Gasteiger partial charge in [-0.3, -0.25) is 4.90 Å². The fraction of sp³-hybridized carbons (Fsp3) is 0.650. The Morgan fingerprint density at radius 2 is 1.75 bits per heavy atom. The quantitative estimate of drug-likeness (QED) is 0.846. The summed E-state index contributed by atoms with van der Waals surface area (Å²) in [6, 6.07) is 11.0. The minimum Gasteiger partial charge on any atom is -0.444 e. The molecular weight excluding hydrogens is 300 g/mol. The van der Waals surface area contributed by atoms with Crippen molar-refractivity contribution in [3.8, 4) is 0 Å². The summed E-state index contributed by atoms with van der Waals surface area (Å²) in [5.41, 5.74) is 0.939. The molecule has 4 heteroatoms. The molecule has 2 bridgehead atoms. The average Bonchev–Trinajstić information content (AvgIpc) is 2.77. The summed E-state index contributed by atoms with van der Waals surface area (Å²) >= 11 is 0. The van der Waals surface area contributed by atoms with Crippen LogP contribution in [0.3, 0.4) is 0 Å². The second-order valence-corrected chi connectivity index (χ2v) is 8.36. The van der Waals surface area contributed by atoms with Crippen molar-refractivity contribution in [2.45, 2.75) is 51.8 Å². The number of piperidine rings is 1. The average molecular weight is 330 g/mol. The zero-order chi connectivity index (χ0) is 17.3. The Kier molecular flexibility index (Phi) is 4.86. The Morgan fingerprint density at radius 3 is 2.29 bits per heavy atom. The number of rotatable bonds is 3. The lowest BCUT2D eigenvalue weighted by Gasteiger charge is -2.42. The minimum absolute atomic E-state index is 0.180. The van der Waals surface area contributed by atoms with Crippen LogP contribution in [-0.4, -0.2) is 47.7 Å². The van der Waals surface area contributed by atoms with E-state index < -0.39 is 5.60 Å². The third-order valence-electron chi connectivity index (χ3n) is 5.24. The summed E-state index contributed by atoms with van der Waals surface area (Å²) in [5, 5.41) is 0. The van der Waals surface area contributed by atoms with Gasteiger partial charge in [-0.05, 0) is 51.0 Å². The zero-order valence-corrected chi connectivity index (χ0v) is 15.4. The minimum atomic E-state index is -0.432. The lowest BCUT2D eigenvalue weighted by atomic mass is 9.91. The van der Waals surface area contributed by atoms with Gasteiger partial charge >= 0.3 is 6.09 Å². The highest BCUT2D eigenvalue weighted by atomic mass is 16.6. The van der Waals surface area contributed by atoms with Gasteiger partial charge in [0.15, 0.2) is 0 Å². The van der Waals surface area contributed by atoms with Crippen LogP contribution in [0, 0.1) is 11.8 Å². The van der Waals surface area contributed by atoms with Gasteiger partial charge in [0, 0.05) is 32.7 Å². The Bertz CT molecular complexity index is 553. The molecule has 132 valence electrons. The van der Waals surface area contributed by atoms with Crippen LogP contribution >= 0.6 is 0 Å². The predicted molar refractivity (Wildman–Crippen MR) is 95.7 cm³/mol. The lowest BCUT2D eigenvalue weighted by molar-refractivity contribution is 0.0000492. The van der Waals surface area contributed by atoms with E-state index in [0.29, 0.717) is 17.9 Å². The SMILES string of the molecule is CN(C(=O)OC(C)(C)C)C1C2CCC1CN(Cc1ccccc1)C2. The first kappa shape index (κ1) is 17.3. The fourth-order valence-corrected chi connectivity index (χ4v) is 4.35. The molecule has 0 N–H and O–H groups in total.